The largest absolute Gasteiger partial charge is 0.334 e. The van der Waals surface area contributed by atoms with Crippen molar-refractivity contribution in [1.82, 2.24) is 14.6 Å². The highest BCUT2D eigenvalue weighted by atomic mass is 32.2. The summed E-state index contributed by atoms with van der Waals surface area (Å²) in [6.07, 6.45) is 6.81. The standard InChI is InChI=1S/C25H28N4O3S/c30-25(27-19-21-9-6-15-26-18-21)28-22-11-13-24(14-12-22)33(31,32)29-16-5-4-10-23(29)17-20-7-2-1-3-8-20/h1-3,6-9,11-15,18,23H,4-5,10,16-17,19H2,(H2,27,28,30)/t23-/m1/s1. The molecule has 4 rings (SSSR count). The van der Waals surface area contributed by atoms with Crippen molar-refractivity contribution in [3.05, 3.63) is 90.3 Å². The minimum Gasteiger partial charge on any atom is -0.334 e. The number of rotatable bonds is 7. The van der Waals surface area contributed by atoms with Gasteiger partial charge in [0.1, 0.15) is 0 Å². The van der Waals surface area contributed by atoms with Gasteiger partial charge >= 0.3 is 6.03 Å². The molecule has 1 atom stereocenters. The summed E-state index contributed by atoms with van der Waals surface area (Å²) in [4.78, 5) is 16.4. The van der Waals surface area contributed by atoms with Crippen molar-refractivity contribution in [3.8, 4) is 0 Å². The van der Waals surface area contributed by atoms with E-state index >= 15 is 0 Å². The van der Waals surface area contributed by atoms with E-state index in [2.05, 4.69) is 15.6 Å². The van der Waals surface area contributed by atoms with E-state index in [1.54, 1.807) is 47.0 Å². The third kappa shape index (κ3) is 5.97. The Kier molecular flexibility index (Phi) is 7.36. The molecule has 1 fully saturated rings. The maximum atomic E-state index is 13.4. The second-order valence-electron chi connectivity index (χ2n) is 8.15. The molecule has 0 spiro atoms. The number of nitrogens with one attached hydrogen (secondary N) is 2. The molecular formula is C25H28N4O3S. The normalized spacial score (nSPS) is 16.8. The zero-order valence-electron chi connectivity index (χ0n) is 18.4. The van der Waals surface area contributed by atoms with Crippen LogP contribution in [0.5, 0.6) is 0 Å². The number of carbonyl (C=O) groups excluding carboxylic acids is 1. The first-order chi connectivity index (χ1) is 16.0. The van der Waals surface area contributed by atoms with Gasteiger partial charge < -0.3 is 10.6 Å². The Morgan fingerprint density at radius 3 is 2.45 bits per heavy atom. The van der Waals surface area contributed by atoms with Crippen LogP contribution in [0.2, 0.25) is 0 Å². The van der Waals surface area contributed by atoms with Gasteiger partial charge in [-0.3, -0.25) is 4.98 Å². The maximum Gasteiger partial charge on any atom is 0.319 e. The van der Waals surface area contributed by atoms with Crippen LogP contribution in [0.3, 0.4) is 0 Å². The SMILES string of the molecule is O=C(NCc1cccnc1)Nc1ccc(S(=O)(=O)N2CCCC[C@@H]2Cc2ccccc2)cc1. The summed E-state index contributed by atoms with van der Waals surface area (Å²) in [6, 6.07) is 19.6. The van der Waals surface area contributed by atoms with E-state index in [4.69, 9.17) is 0 Å². The minimum absolute atomic E-state index is 0.0535. The number of sulfonamides is 1. The summed E-state index contributed by atoms with van der Waals surface area (Å²) >= 11 is 0. The molecule has 1 aromatic heterocycles. The van der Waals surface area contributed by atoms with Crippen molar-refractivity contribution in [3.63, 3.8) is 0 Å². The van der Waals surface area contributed by atoms with E-state index in [9.17, 15) is 13.2 Å². The zero-order valence-corrected chi connectivity index (χ0v) is 19.2. The van der Waals surface area contributed by atoms with E-state index in [0.29, 0.717) is 25.2 Å². The van der Waals surface area contributed by atoms with Gasteiger partial charge in [-0.1, -0.05) is 42.8 Å². The van der Waals surface area contributed by atoms with Crippen LogP contribution in [0.1, 0.15) is 30.4 Å². The van der Waals surface area contributed by atoms with Gasteiger partial charge in [-0.15, -0.1) is 0 Å². The first kappa shape index (κ1) is 22.9. The van der Waals surface area contributed by atoms with E-state index in [-0.39, 0.29) is 17.0 Å². The summed E-state index contributed by atoms with van der Waals surface area (Å²) in [5.74, 6) is 0. The maximum absolute atomic E-state index is 13.4. The average molecular weight is 465 g/mol. The highest BCUT2D eigenvalue weighted by Crippen LogP contribution is 2.28. The number of benzene rings is 2. The highest BCUT2D eigenvalue weighted by Gasteiger charge is 2.33. The molecule has 2 aromatic carbocycles. The van der Waals surface area contributed by atoms with Gasteiger partial charge in [0.25, 0.3) is 0 Å². The van der Waals surface area contributed by atoms with Crippen molar-refractivity contribution in [2.75, 3.05) is 11.9 Å². The Balaban J connectivity index is 1.40. The van der Waals surface area contributed by atoms with E-state index in [1.165, 1.54) is 0 Å². The fraction of sp³-hybridized carbons (Fsp3) is 0.280. The van der Waals surface area contributed by atoms with Gasteiger partial charge in [0.2, 0.25) is 10.0 Å². The Morgan fingerprint density at radius 2 is 1.73 bits per heavy atom. The molecule has 2 heterocycles. The van der Waals surface area contributed by atoms with Crippen LogP contribution in [-0.4, -0.2) is 36.3 Å². The quantitative estimate of drug-likeness (QED) is 0.549. The molecule has 0 unspecified atom stereocenters. The molecule has 0 aliphatic carbocycles. The lowest BCUT2D eigenvalue weighted by Crippen LogP contribution is -2.44. The first-order valence-electron chi connectivity index (χ1n) is 11.1. The summed E-state index contributed by atoms with van der Waals surface area (Å²) in [5, 5.41) is 5.49. The predicted octanol–water partition coefficient (Wildman–Crippen LogP) is 4.19. The molecule has 172 valence electrons. The van der Waals surface area contributed by atoms with Crippen LogP contribution < -0.4 is 10.6 Å². The Hall–Kier alpha value is -3.23. The number of anilines is 1. The summed E-state index contributed by atoms with van der Waals surface area (Å²) in [7, 11) is -3.62. The fourth-order valence-electron chi connectivity index (χ4n) is 4.09. The number of carbonyl (C=O) groups is 1. The van der Waals surface area contributed by atoms with Gasteiger partial charge in [-0.05, 0) is 60.7 Å². The molecule has 0 saturated carbocycles. The van der Waals surface area contributed by atoms with Gasteiger partial charge in [-0.2, -0.15) is 4.31 Å². The second-order valence-corrected chi connectivity index (χ2v) is 10.0. The van der Waals surface area contributed by atoms with Crippen molar-refractivity contribution in [2.24, 2.45) is 0 Å². The molecule has 1 aliphatic heterocycles. The first-order valence-corrected chi connectivity index (χ1v) is 12.6. The summed E-state index contributed by atoms with van der Waals surface area (Å²) < 4.78 is 28.4. The summed E-state index contributed by atoms with van der Waals surface area (Å²) in [5.41, 5.74) is 2.55. The number of nitrogens with zero attached hydrogens (tertiary/aromatic N) is 2. The average Bonchev–Trinajstić information content (AvgIpc) is 2.85. The second kappa shape index (κ2) is 10.6. The van der Waals surface area contributed by atoms with E-state index in [0.717, 1.165) is 30.4 Å². The number of urea groups is 1. The molecule has 0 bridgehead atoms. The number of hydrogen-bond donors (Lipinski definition) is 2. The highest BCUT2D eigenvalue weighted by molar-refractivity contribution is 7.89. The number of amides is 2. The Labute approximate surface area is 194 Å². The van der Waals surface area contributed by atoms with E-state index in [1.807, 2.05) is 36.4 Å². The van der Waals surface area contributed by atoms with Gasteiger partial charge in [0.15, 0.2) is 0 Å². The lowest BCUT2D eigenvalue weighted by Gasteiger charge is -2.35. The van der Waals surface area contributed by atoms with Crippen LogP contribution in [0.25, 0.3) is 0 Å². The monoisotopic (exact) mass is 464 g/mol. The lowest BCUT2D eigenvalue weighted by atomic mass is 9.98. The molecular weight excluding hydrogens is 436 g/mol. The Morgan fingerprint density at radius 1 is 0.970 bits per heavy atom. The third-order valence-corrected chi connectivity index (χ3v) is 7.75. The van der Waals surface area contributed by atoms with Gasteiger partial charge in [0, 0.05) is 37.2 Å². The zero-order chi connectivity index (χ0) is 23.1. The fourth-order valence-corrected chi connectivity index (χ4v) is 5.78. The number of pyridine rings is 1. The van der Waals surface area contributed by atoms with E-state index < -0.39 is 10.0 Å². The molecule has 1 aliphatic rings. The smallest absolute Gasteiger partial charge is 0.319 e. The van der Waals surface area contributed by atoms with Crippen molar-refractivity contribution in [1.29, 1.82) is 0 Å². The number of aromatic nitrogens is 1. The van der Waals surface area contributed by atoms with Gasteiger partial charge in [-0.25, -0.2) is 13.2 Å². The van der Waals surface area contributed by atoms with Crippen molar-refractivity contribution >= 4 is 21.7 Å². The lowest BCUT2D eigenvalue weighted by molar-refractivity contribution is 0.251. The van der Waals surface area contributed by atoms with Crippen molar-refractivity contribution in [2.45, 2.75) is 43.2 Å². The predicted molar refractivity (Wildman–Crippen MR) is 128 cm³/mol. The topological polar surface area (TPSA) is 91.4 Å². The molecule has 7 nitrogen and oxygen atoms in total. The molecule has 33 heavy (non-hydrogen) atoms. The molecule has 1 saturated heterocycles. The molecule has 0 radical (unpaired) electrons. The van der Waals surface area contributed by atoms with Crippen LogP contribution in [0.15, 0.2) is 84.0 Å². The summed E-state index contributed by atoms with van der Waals surface area (Å²) in [6.45, 7) is 0.875. The third-order valence-electron chi connectivity index (χ3n) is 5.78. The van der Waals surface area contributed by atoms with Crippen LogP contribution in [0, 0.1) is 0 Å². The van der Waals surface area contributed by atoms with Crippen LogP contribution >= 0.6 is 0 Å². The molecule has 3 aromatic rings. The number of hydrogen-bond acceptors (Lipinski definition) is 4. The number of piperidine rings is 1. The van der Waals surface area contributed by atoms with Crippen LogP contribution in [0.4, 0.5) is 10.5 Å². The van der Waals surface area contributed by atoms with Crippen LogP contribution in [-0.2, 0) is 23.0 Å². The molecule has 2 N–H and O–H groups in total. The Bertz CT molecular complexity index is 1150. The van der Waals surface area contributed by atoms with Crippen molar-refractivity contribution < 1.29 is 13.2 Å². The molecule has 2 amide bonds. The minimum atomic E-state index is -3.62. The van der Waals surface area contributed by atoms with Gasteiger partial charge in [0.05, 0.1) is 4.90 Å². The molecule has 8 heteroatoms.